The van der Waals surface area contributed by atoms with E-state index in [1.165, 1.54) is 6.20 Å². The summed E-state index contributed by atoms with van der Waals surface area (Å²) < 4.78 is 5.58. The molecule has 2 rings (SSSR count). The molecule has 0 aliphatic carbocycles. The summed E-state index contributed by atoms with van der Waals surface area (Å²) in [6.45, 7) is 1.95. The summed E-state index contributed by atoms with van der Waals surface area (Å²) in [5.41, 5.74) is 1.38. The first kappa shape index (κ1) is 11.4. The van der Waals surface area contributed by atoms with Crippen LogP contribution >= 0.6 is 11.6 Å². The molecule has 1 aromatic carbocycles. The van der Waals surface area contributed by atoms with Gasteiger partial charge in [-0.15, -0.1) is 0 Å². The number of halogens is 1. The number of aryl methyl sites for hydroxylation is 1. The Balaban J connectivity index is 2.28. The molecular formula is C13H9ClN2O. The highest BCUT2D eigenvalue weighted by atomic mass is 35.5. The zero-order valence-corrected chi connectivity index (χ0v) is 9.90. The fourth-order valence-corrected chi connectivity index (χ4v) is 1.63. The van der Waals surface area contributed by atoms with Gasteiger partial charge in [0.05, 0.1) is 5.02 Å². The van der Waals surface area contributed by atoms with Crippen LogP contribution < -0.4 is 4.74 Å². The van der Waals surface area contributed by atoms with Crippen LogP contribution in [0.2, 0.25) is 5.02 Å². The van der Waals surface area contributed by atoms with Gasteiger partial charge in [0, 0.05) is 12.3 Å². The Morgan fingerprint density at radius 1 is 1.29 bits per heavy atom. The van der Waals surface area contributed by atoms with Crippen LogP contribution in [-0.2, 0) is 0 Å². The van der Waals surface area contributed by atoms with E-state index in [0.717, 1.165) is 5.56 Å². The molecule has 0 aliphatic heterocycles. The highest BCUT2D eigenvalue weighted by molar-refractivity contribution is 6.32. The van der Waals surface area contributed by atoms with Gasteiger partial charge in [-0.3, -0.25) is 0 Å². The van der Waals surface area contributed by atoms with E-state index in [1.807, 2.05) is 25.1 Å². The highest BCUT2D eigenvalue weighted by Gasteiger charge is 2.04. The Morgan fingerprint density at radius 3 is 2.82 bits per heavy atom. The standard InChI is InChI=1S/C13H9ClN2O/c1-9-2-3-13(12(14)6-9)17-11-4-5-16-10(7-11)8-15/h2-7H,1H3. The van der Waals surface area contributed by atoms with Gasteiger partial charge < -0.3 is 4.74 Å². The molecule has 0 fully saturated rings. The van der Waals surface area contributed by atoms with Gasteiger partial charge in [0.2, 0.25) is 0 Å². The summed E-state index contributed by atoms with van der Waals surface area (Å²) in [4.78, 5) is 3.86. The van der Waals surface area contributed by atoms with Crippen LogP contribution in [0, 0.1) is 18.3 Å². The maximum atomic E-state index is 8.72. The predicted molar refractivity (Wildman–Crippen MR) is 65.2 cm³/mol. The molecule has 84 valence electrons. The molecular weight excluding hydrogens is 236 g/mol. The van der Waals surface area contributed by atoms with Crippen LogP contribution in [0.3, 0.4) is 0 Å². The Bertz CT molecular complexity index is 590. The maximum absolute atomic E-state index is 8.72. The average molecular weight is 245 g/mol. The number of rotatable bonds is 2. The minimum Gasteiger partial charge on any atom is -0.456 e. The van der Waals surface area contributed by atoms with E-state index < -0.39 is 0 Å². The van der Waals surface area contributed by atoms with Gasteiger partial charge in [-0.25, -0.2) is 4.98 Å². The summed E-state index contributed by atoms with van der Waals surface area (Å²) in [5.74, 6) is 1.11. The van der Waals surface area contributed by atoms with Crippen molar-refractivity contribution in [3.63, 3.8) is 0 Å². The van der Waals surface area contributed by atoms with E-state index in [0.29, 0.717) is 22.2 Å². The summed E-state index contributed by atoms with van der Waals surface area (Å²) in [6.07, 6.45) is 1.52. The molecule has 0 spiro atoms. The topological polar surface area (TPSA) is 45.9 Å². The largest absolute Gasteiger partial charge is 0.456 e. The van der Waals surface area contributed by atoms with Crippen LogP contribution in [0.4, 0.5) is 0 Å². The second kappa shape index (κ2) is 4.86. The van der Waals surface area contributed by atoms with Crippen molar-refractivity contribution in [1.82, 2.24) is 4.98 Å². The van der Waals surface area contributed by atoms with Gasteiger partial charge in [-0.05, 0) is 30.7 Å². The molecule has 0 saturated heterocycles. The molecule has 0 bridgehead atoms. The second-order valence-electron chi connectivity index (χ2n) is 3.52. The fraction of sp³-hybridized carbons (Fsp3) is 0.0769. The lowest BCUT2D eigenvalue weighted by molar-refractivity contribution is 0.482. The van der Waals surface area contributed by atoms with E-state index in [4.69, 9.17) is 21.6 Å². The van der Waals surface area contributed by atoms with Crippen molar-refractivity contribution >= 4 is 11.6 Å². The summed E-state index contributed by atoms with van der Waals surface area (Å²) in [7, 11) is 0. The summed E-state index contributed by atoms with van der Waals surface area (Å²) in [5, 5.41) is 9.27. The molecule has 1 aromatic heterocycles. The number of pyridine rings is 1. The normalized spacial score (nSPS) is 9.71. The van der Waals surface area contributed by atoms with Crippen molar-refractivity contribution in [3.05, 3.63) is 52.8 Å². The molecule has 0 amide bonds. The molecule has 0 N–H and O–H groups in total. The van der Waals surface area contributed by atoms with E-state index in [9.17, 15) is 0 Å². The monoisotopic (exact) mass is 244 g/mol. The van der Waals surface area contributed by atoms with E-state index in [2.05, 4.69) is 4.98 Å². The predicted octanol–water partition coefficient (Wildman–Crippen LogP) is 3.71. The number of nitriles is 1. The third-order valence-electron chi connectivity index (χ3n) is 2.16. The molecule has 0 unspecified atom stereocenters. The van der Waals surface area contributed by atoms with Crippen molar-refractivity contribution in [3.8, 4) is 17.6 Å². The van der Waals surface area contributed by atoms with Gasteiger partial charge in [0.15, 0.2) is 0 Å². The molecule has 17 heavy (non-hydrogen) atoms. The molecule has 0 atom stereocenters. The number of hydrogen-bond acceptors (Lipinski definition) is 3. The Kier molecular flexibility index (Phi) is 3.27. The zero-order valence-electron chi connectivity index (χ0n) is 9.14. The van der Waals surface area contributed by atoms with Gasteiger partial charge in [-0.1, -0.05) is 17.7 Å². The van der Waals surface area contributed by atoms with Crippen LogP contribution in [-0.4, -0.2) is 4.98 Å². The van der Waals surface area contributed by atoms with Crippen LogP contribution in [0.1, 0.15) is 11.3 Å². The van der Waals surface area contributed by atoms with E-state index in [-0.39, 0.29) is 0 Å². The third-order valence-corrected chi connectivity index (χ3v) is 2.46. The number of ether oxygens (including phenoxy) is 1. The van der Waals surface area contributed by atoms with Crippen molar-refractivity contribution in [2.45, 2.75) is 6.92 Å². The quantitative estimate of drug-likeness (QED) is 0.809. The first-order chi connectivity index (χ1) is 8.19. The molecule has 0 saturated carbocycles. The van der Waals surface area contributed by atoms with Crippen molar-refractivity contribution < 1.29 is 4.74 Å². The third kappa shape index (κ3) is 2.74. The number of hydrogen-bond donors (Lipinski definition) is 0. The minimum atomic E-state index is 0.311. The summed E-state index contributed by atoms with van der Waals surface area (Å²) >= 11 is 6.05. The van der Waals surface area contributed by atoms with Crippen LogP contribution in [0.25, 0.3) is 0 Å². The Labute approximate surface area is 104 Å². The first-order valence-electron chi connectivity index (χ1n) is 4.99. The van der Waals surface area contributed by atoms with Crippen molar-refractivity contribution in [1.29, 1.82) is 5.26 Å². The van der Waals surface area contributed by atoms with E-state index in [1.54, 1.807) is 18.2 Å². The maximum Gasteiger partial charge on any atom is 0.146 e. The Morgan fingerprint density at radius 2 is 2.12 bits per heavy atom. The van der Waals surface area contributed by atoms with Crippen molar-refractivity contribution in [2.75, 3.05) is 0 Å². The zero-order chi connectivity index (χ0) is 12.3. The molecule has 4 heteroatoms. The molecule has 3 nitrogen and oxygen atoms in total. The van der Waals surface area contributed by atoms with Crippen molar-refractivity contribution in [2.24, 2.45) is 0 Å². The first-order valence-corrected chi connectivity index (χ1v) is 5.37. The number of aromatic nitrogens is 1. The molecule has 1 heterocycles. The summed E-state index contributed by atoms with van der Waals surface area (Å²) in [6, 6.07) is 10.7. The molecule has 2 aromatic rings. The van der Waals surface area contributed by atoms with Gasteiger partial charge in [0.1, 0.15) is 23.3 Å². The number of nitrogens with zero attached hydrogens (tertiary/aromatic N) is 2. The smallest absolute Gasteiger partial charge is 0.146 e. The molecule has 0 radical (unpaired) electrons. The Hall–Kier alpha value is -2.05. The fourth-order valence-electron chi connectivity index (χ4n) is 1.35. The SMILES string of the molecule is Cc1ccc(Oc2ccnc(C#N)c2)c(Cl)c1. The lowest BCUT2D eigenvalue weighted by Crippen LogP contribution is -1.88. The second-order valence-corrected chi connectivity index (χ2v) is 3.93. The van der Waals surface area contributed by atoms with Crippen LogP contribution in [0.15, 0.2) is 36.5 Å². The van der Waals surface area contributed by atoms with Gasteiger partial charge in [0.25, 0.3) is 0 Å². The molecule has 0 aliphatic rings. The van der Waals surface area contributed by atoms with Crippen LogP contribution in [0.5, 0.6) is 11.5 Å². The lowest BCUT2D eigenvalue weighted by Gasteiger charge is -2.07. The highest BCUT2D eigenvalue weighted by Crippen LogP contribution is 2.29. The van der Waals surface area contributed by atoms with Gasteiger partial charge in [-0.2, -0.15) is 5.26 Å². The number of benzene rings is 1. The minimum absolute atomic E-state index is 0.311. The van der Waals surface area contributed by atoms with E-state index >= 15 is 0 Å². The lowest BCUT2D eigenvalue weighted by atomic mass is 10.2. The van der Waals surface area contributed by atoms with Gasteiger partial charge >= 0.3 is 0 Å². The average Bonchev–Trinajstić information content (AvgIpc) is 2.33.